The molecule has 0 saturated carbocycles. The van der Waals surface area contributed by atoms with Crippen molar-refractivity contribution in [3.05, 3.63) is 56.1 Å². The Hall–Kier alpha value is -2.05. The van der Waals surface area contributed by atoms with Crippen LogP contribution in [0.4, 0.5) is 0 Å². The van der Waals surface area contributed by atoms with E-state index in [9.17, 15) is 9.59 Å². The summed E-state index contributed by atoms with van der Waals surface area (Å²) in [7, 11) is 0. The number of thiophene rings is 2. The van der Waals surface area contributed by atoms with Crippen LogP contribution in [0.1, 0.15) is 48.3 Å². The molecule has 2 aromatic rings. The van der Waals surface area contributed by atoms with Crippen LogP contribution in [0.25, 0.3) is 0 Å². The predicted octanol–water partition coefficient (Wildman–Crippen LogP) is 4.95. The van der Waals surface area contributed by atoms with E-state index in [1.807, 2.05) is 35.9 Å². The van der Waals surface area contributed by atoms with Crippen molar-refractivity contribution >= 4 is 40.1 Å². The van der Waals surface area contributed by atoms with Crippen molar-refractivity contribution in [2.75, 3.05) is 6.61 Å². The quantitative estimate of drug-likeness (QED) is 0.684. The molecule has 1 unspecified atom stereocenters. The highest BCUT2D eigenvalue weighted by molar-refractivity contribution is 7.10. The van der Waals surface area contributed by atoms with E-state index in [1.165, 1.54) is 4.88 Å². The first-order valence-electron chi connectivity index (χ1n) is 9.15. The van der Waals surface area contributed by atoms with Crippen molar-refractivity contribution in [3.63, 3.8) is 0 Å². The summed E-state index contributed by atoms with van der Waals surface area (Å²) in [6.45, 7) is 4.00. The average Bonchev–Trinajstić information content (AvgIpc) is 3.34. The third-order valence-electron chi connectivity index (χ3n) is 5.22. The number of rotatable bonds is 4. The van der Waals surface area contributed by atoms with Crippen LogP contribution in [0.2, 0.25) is 0 Å². The number of allylic oxidation sites excluding steroid dienone is 2. The number of hydrogen-bond donors (Lipinski definition) is 0. The summed E-state index contributed by atoms with van der Waals surface area (Å²) in [5.41, 5.74) is 2.31. The lowest BCUT2D eigenvalue weighted by Gasteiger charge is -2.35. The Morgan fingerprint density at radius 1 is 1.19 bits per heavy atom. The molecule has 0 radical (unpaired) electrons. The molecule has 6 heteroatoms. The van der Waals surface area contributed by atoms with E-state index < -0.39 is 5.92 Å². The molecule has 1 aliphatic carbocycles. The van der Waals surface area contributed by atoms with Crippen LogP contribution in [-0.4, -0.2) is 24.1 Å². The highest BCUT2D eigenvalue weighted by atomic mass is 32.1. The van der Waals surface area contributed by atoms with Gasteiger partial charge in [0.1, 0.15) is 5.92 Å². The molecule has 0 fully saturated rings. The first kappa shape index (κ1) is 18.3. The zero-order valence-corrected chi connectivity index (χ0v) is 16.9. The zero-order chi connectivity index (χ0) is 19.0. The van der Waals surface area contributed by atoms with Crippen molar-refractivity contribution in [2.45, 2.75) is 38.5 Å². The van der Waals surface area contributed by atoms with Crippen molar-refractivity contribution in [1.82, 2.24) is 0 Å². The smallest absolute Gasteiger partial charge is 0.315 e. The maximum atomic E-state index is 13.2. The highest BCUT2D eigenvalue weighted by Gasteiger charge is 2.45. The molecule has 1 aliphatic heterocycles. The van der Waals surface area contributed by atoms with Gasteiger partial charge in [-0.2, -0.15) is 0 Å². The molecular formula is C21H21NO3S2. The van der Waals surface area contributed by atoms with Gasteiger partial charge in [-0.15, -0.1) is 22.7 Å². The number of hydrogen-bond acceptors (Lipinski definition) is 6. The second-order valence-electron chi connectivity index (χ2n) is 6.88. The van der Waals surface area contributed by atoms with Crippen LogP contribution < -0.4 is 0 Å². The van der Waals surface area contributed by atoms with Crippen molar-refractivity contribution < 1.29 is 14.3 Å². The molecule has 2 aromatic heterocycles. The minimum atomic E-state index is -0.524. The lowest BCUT2D eigenvalue weighted by atomic mass is 9.72. The fraction of sp³-hybridized carbons (Fsp3) is 0.381. The maximum Gasteiger partial charge on any atom is 0.315 e. The van der Waals surface area contributed by atoms with Crippen LogP contribution >= 0.6 is 22.7 Å². The van der Waals surface area contributed by atoms with E-state index in [0.29, 0.717) is 18.6 Å². The molecule has 0 amide bonds. The summed E-state index contributed by atoms with van der Waals surface area (Å²) in [5.74, 6) is -0.815. The fourth-order valence-electron chi connectivity index (χ4n) is 4.10. The van der Waals surface area contributed by atoms with Gasteiger partial charge in [0.05, 0.1) is 6.61 Å². The molecule has 0 aromatic carbocycles. The number of carbonyl (C=O) groups is 2. The largest absolute Gasteiger partial charge is 0.465 e. The van der Waals surface area contributed by atoms with E-state index in [4.69, 9.17) is 9.73 Å². The lowest BCUT2D eigenvalue weighted by molar-refractivity contribution is -0.146. The van der Waals surface area contributed by atoms with E-state index >= 15 is 0 Å². The third kappa shape index (κ3) is 3.32. The summed E-state index contributed by atoms with van der Waals surface area (Å²) < 4.78 is 5.33. The summed E-state index contributed by atoms with van der Waals surface area (Å²) >= 11 is 3.27. The Morgan fingerprint density at radius 2 is 1.89 bits per heavy atom. The zero-order valence-electron chi connectivity index (χ0n) is 15.3. The molecule has 0 bridgehead atoms. The second kappa shape index (κ2) is 7.52. The molecule has 3 atom stereocenters. The summed E-state index contributed by atoms with van der Waals surface area (Å²) in [4.78, 5) is 32.9. The Bertz CT molecular complexity index is 909. The first-order valence-corrected chi connectivity index (χ1v) is 10.9. The van der Waals surface area contributed by atoms with Crippen LogP contribution in [0.15, 0.2) is 51.3 Å². The highest BCUT2D eigenvalue weighted by Crippen LogP contribution is 2.48. The number of Topliss-reactive ketones (excluding diaryl/α,β-unsaturated/α-hetero) is 1. The Labute approximate surface area is 166 Å². The SMILES string of the molecule is CCOC(=O)C1C(C)=NC2=C(C(=O)C[C@H](c3cccs3)C2)[C@H]1c1cccs1. The number of nitrogens with zero attached hydrogens (tertiary/aromatic N) is 1. The number of aliphatic imine (C=N–C) groups is 1. The lowest BCUT2D eigenvalue weighted by Crippen LogP contribution is -2.37. The van der Waals surface area contributed by atoms with Crippen LogP contribution in [0, 0.1) is 5.92 Å². The molecule has 0 spiro atoms. The van der Waals surface area contributed by atoms with Crippen molar-refractivity contribution in [2.24, 2.45) is 10.9 Å². The predicted molar refractivity (Wildman–Crippen MR) is 109 cm³/mol. The molecule has 0 N–H and O–H groups in total. The number of ether oxygens (including phenoxy) is 1. The summed E-state index contributed by atoms with van der Waals surface area (Å²) in [6.07, 6.45) is 1.22. The molecule has 4 nitrogen and oxygen atoms in total. The Kier molecular flexibility index (Phi) is 5.10. The topological polar surface area (TPSA) is 55.7 Å². The minimum absolute atomic E-state index is 0.110. The van der Waals surface area contributed by atoms with Crippen LogP contribution in [0.5, 0.6) is 0 Å². The molecular weight excluding hydrogens is 378 g/mol. The number of ketones is 1. The summed E-state index contributed by atoms with van der Waals surface area (Å²) in [6, 6.07) is 8.08. The van der Waals surface area contributed by atoms with Crippen molar-refractivity contribution in [1.29, 1.82) is 0 Å². The normalized spacial score (nSPS) is 25.2. The molecule has 4 rings (SSSR count). The monoisotopic (exact) mass is 399 g/mol. The number of esters is 1. The van der Waals surface area contributed by atoms with Gasteiger partial charge in [0.15, 0.2) is 5.78 Å². The van der Waals surface area contributed by atoms with Gasteiger partial charge >= 0.3 is 5.97 Å². The Balaban J connectivity index is 1.78. The molecule has 0 saturated heterocycles. The van der Waals surface area contributed by atoms with E-state index in [2.05, 4.69) is 6.07 Å². The second-order valence-corrected chi connectivity index (χ2v) is 8.84. The number of carbonyl (C=O) groups excluding carboxylic acids is 2. The third-order valence-corrected chi connectivity index (χ3v) is 7.21. The van der Waals surface area contributed by atoms with Gasteiger partial charge in [0.25, 0.3) is 0 Å². The minimum Gasteiger partial charge on any atom is -0.465 e. The van der Waals surface area contributed by atoms with Crippen molar-refractivity contribution in [3.8, 4) is 0 Å². The van der Waals surface area contributed by atoms with E-state index in [1.54, 1.807) is 29.6 Å². The first-order chi connectivity index (χ1) is 13.1. The van der Waals surface area contributed by atoms with E-state index in [0.717, 1.165) is 22.7 Å². The van der Waals surface area contributed by atoms with Gasteiger partial charge in [0.2, 0.25) is 0 Å². The van der Waals surface area contributed by atoms with Gasteiger partial charge in [0, 0.05) is 45.0 Å². The van der Waals surface area contributed by atoms with E-state index in [-0.39, 0.29) is 23.6 Å². The van der Waals surface area contributed by atoms with Gasteiger partial charge in [-0.3, -0.25) is 14.6 Å². The van der Waals surface area contributed by atoms with Gasteiger partial charge in [-0.1, -0.05) is 12.1 Å². The van der Waals surface area contributed by atoms with Crippen LogP contribution in [-0.2, 0) is 14.3 Å². The van der Waals surface area contributed by atoms with Gasteiger partial charge in [-0.25, -0.2) is 0 Å². The van der Waals surface area contributed by atoms with Crippen LogP contribution in [0.3, 0.4) is 0 Å². The Morgan fingerprint density at radius 3 is 2.52 bits per heavy atom. The van der Waals surface area contributed by atoms with Gasteiger partial charge in [-0.05, 0) is 43.2 Å². The molecule has 27 heavy (non-hydrogen) atoms. The fourth-order valence-corrected chi connectivity index (χ4v) is 5.80. The average molecular weight is 400 g/mol. The molecule has 2 aliphatic rings. The standard InChI is InChI=1S/C21H21NO3S2/c1-3-25-21(24)18-12(2)22-14-10-13(16-6-4-8-26-16)11-15(23)19(14)20(18)17-7-5-9-27-17/h4-9,13,18,20H,3,10-11H2,1-2H3/t13-,18?,20+/m1/s1. The maximum absolute atomic E-state index is 13.2. The summed E-state index contributed by atoms with van der Waals surface area (Å²) in [5, 5.41) is 4.03. The van der Waals surface area contributed by atoms with Gasteiger partial charge < -0.3 is 4.74 Å². The molecule has 140 valence electrons. The molecule has 3 heterocycles.